The molecule has 98 valence electrons. The summed E-state index contributed by atoms with van der Waals surface area (Å²) in [6.07, 6.45) is 2.39. The largest absolute Gasteiger partial charge is 0.310 e. The van der Waals surface area contributed by atoms with E-state index in [1.165, 1.54) is 11.1 Å². The summed E-state index contributed by atoms with van der Waals surface area (Å²) in [6, 6.07) is 9.81. The molecule has 2 aromatic rings. The van der Waals surface area contributed by atoms with Crippen LogP contribution in [0.2, 0.25) is 0 Å². The molecular formula is C14H16N4O. The first-order valence-electron chi connectivity index (χ1n) is 6.33. The second-order valence-electron chi connectivity index (χ2n) is 4.74. The van der Waals surface area contributed by atoms with Crippen LogP contribution in [0.25, 0.3) is 0 Å². The number of nitrogens with one attached hydrogen (secondary N) is 2. The van der Waals surface area contributed by atoms with Crippen molar-refractivity contribution < 1.29 is 4.79 Å². The summed E-state index contributed by atoms with van der Waals surface area (Å²) in [5.74, 6) is 0.698. The summed E-state index contributed by atoms with van der Waals surface area (Å²) >= 11 is 0. The Balaban J connectivity index is 1.71. The van der Waals surface area contributed by atoms with Gasteiger partial charge in [-0.05, 0) is 17.5 Å². The second-order valence-corrected chi connectivity index (χ2v) is 4.74. The van der Waals surface area contributed by atoms with Gasteiger partial charge in [-0.3, -0.25) is 9.48 Å². The number of hydrogen-bond acceptors (Lipinski definition) is 3. The molecule has 1 aliphatic rings. The summed E-state index contributed by atoms with van der Waals surface area (Å²) < 4.78 is 1.65. The summed E-state index contributed by atoms with van der Waals surface area (Å²) in [4.78, 5) is 12.2. The van der Waals surface area contributed by atoms with E-state index in [1.54, 1.807) is 24.0 Å². The van der Waals surface area contributed by atoms with Crippen LogP contribution in [0.5, 0.6) is 0 Å². The number of carbonyl (C=O) groups excluding carboxylic acids is 1. The molecule has 19 heavy (non-hydrogen) atoms. The lowest BCUT2D eigenvalue weighted by molar-refractivity contribution is -0.118. The van der Waals surface area contributed by atoms with Gasteiger partial charge in [0.05, 0.1) is 12.2 Å². The number of aryl methyl sites for hydroxylation is 1. The van der Waals surface area contributed by atoms with Crippen LogP contribution in [0, 0.1) is 0 Å². The molecular weight excluding hydrogens is 240 g/mol. The number of hydrogen-bond donors (Lipinski definition) is 2. The molecule has 0 radical (unpaired) electrons. The molecule has 1 aliphatic heterocycles. The minimum absolute atomic E-state index is 0.0156. The van der Waals surface area contributed by atoms with Crippen molar-refractivity contribution in [1.82, 2.24) is 15.1 Å². The Morgan fingerprint density at radius 2 is 2.16 bits per heavy atom. The summed E-state index contributed by atoms with van der Waals surface area (Å²) in [5.41, 5.74) is 2.51. The van der Waals surface area contributed by atoms with Crippen LogP contribution in [-0.4, -0.2) is 21.7 Å². The van der Waals surface area contributed by atoms with Gasteiger partial charge in [0, 0.05) is 19.7 Å². The smallest absolute Gasteiger partial charge is 0.243 e. The van der Waals surface area contributed by atoms with Gasteiger partial charge < -0.3 is 10.6 Å². The van der Waals surface area contributed by atoms with Crippen LogP contribution in [0.15, 0.2) is 36.5 Å². The van der Waals surface area contributed by atoms with Gasteiger partial charge in [-0.15, -0.1) is 0 Å². The number of fused-ring (bicyclic) bond motifs is 1. The van der Waals surface area contributed by atoms with E-state index in [9.17, 15) is 4.79 Å². The SMILES string of the molecule is Cn1nccc1NC(=O)C1Cc2ccccc2CN1. The van der Waals surface area contributed by atoms with Crippen molar-refractivity contribution in [3.63, 3.8) is 0 Å². The van der Waals surface area contributed by atoms with E-state index in [2.05, 4.69) is 27.9 Å². The van der Waals surface area contributed by atoms with Crippen molar-refractivity contribution >= 4 is 11.7 Å². The van der Waals surface area contributed by atoms with Crippen LogP contribution in [0.1, 0.15) is 11.1 Å². The van der Waals surface area contributed by atoms with Gasteiger partial charge in [-0.2, -0.15) is 5.10 Å². The number of carbonyl (C=O) groups is 1. The molecule has 1 unspecified atom stereocenters. The predicted molar refractivity (Wildman–Crippen MR) is 72.6 cm³/mol. The molecule has 2 heterocycles. The molecule has 1 aromatic heterocycles. The molecule has 0 fully saturated rings. The number of benzene rings is 1. The van der Waals surface area contributed by atoms with Gasteiger partial charge in [0.2, 0.25) is 5.91 Å². The molecule has 0 saturated carbocycles. The van der Waals surface area contributed by atoms with Crippen LogP contribution in [-0.2, 0) is 24.8 Å². The first-order valence-corrected chi connectivity index (χ1v) is 6.33. The summed E-state index contributed by atoms with van der Waals surface area (Å²) in [6.45, 7) is 0.736. The minimum atomic E-state index is -0.190. The van der Waals surface area contributed by atoms with Gasteiger partial charge >= 0.3 is 0 Å². The average molecular weight is 256 g/mol. The number of nitrogens with zero attached hydrogens (tertiary/aromatic N) is 2. The number of amides is 1. The maximum atomic E-state index is 12.2. The third kappa shape index (κ3) is 2.37. The fraction of sp³-hybridized carbons (Fsp3) is 0.286. The fourth-order valence-electron chi connectivity index (χ4n) is 2.35. The standard InChI is InChI=1S/C14H16N4O/c1-18-13(6-7-16-18)17-14(19)12-8-10-4-2-3-5-11(10)9-15-12/h2-7,12,15H,8-9H2,1H3,(H,17,19). The number of aromatic nitrogens is 2. The van der Waals surface area contributed by atoms with E-state index in [0.717, 1.165) is 13.0 Å². The van der Waals surface area contributed by atoms with Crippen LogP contribution in [0.3, 0.4) is 0 Å². The summed E-state index contributed by atoms with van der Waals surface area (Å²) in [5, 5.41) is 10.2. The van der Waals surface area contributed by atoms with Crippen molar-refractivity contribution in [3.8, 4) is 0 Å². The van der Waals surface area contributed by atoms with Crippen molar-refractivity contribution in [2.45, 2.75) is 19.0 Å². The Morgan fingerprint density at radius 1 is 1.37 bits per heavy atom. The molecule has 5 nitrogen and oxygen atoms in total. The van der Waals surface area contributed by atoms with E-state index in [1.807, 2.05) is 12.1 Å². The number of rotatable bonds is 2. The molecule has 1 amide bonds. The Hall–Kier alpha value is -2.14. The van der Waals surface area contributed by atoms with Crippen molar-refractivity contribution in [3.05, 3.63) is 47.7 Å². The molecule has 0 saturated heterocycles. The molecule has 0 bridgehead atoms. The number of anilines is 1. The van der Waals surface area contributed by atoms with Gasteiger partial charge in [0.15, 0.2) is 0 Å². The Bertz CT molecular complexity index is 605. The monoisotopic (exact) mass is 256 g/mol. The van der Waals surface area contributed by atoms with Gasteiger partial charge in [-0.25, -0.2) is 0 Å². The highest BCUT2D eigenvalue weighted by Crippen LogP contribution is 2.17. The van der Waals surface area contributed by atoms with Crippen molar-refractivity contribution in [2.75, 3.05) is 5.32 Å². The molecule has 5 heteroatoms. The zero-order valence-corrected chi connectivity index (χ0v) is 10.8. The van der Waals surface area contributed by atoms with Crippen LogP contribution in [0.4, 0.5) is 5.82 Å². The topological polar surface area (TPSA) is 59.0 Å². The zero-order valence-electron chi connectivity index (χ0n) is 10.8. The average Bonchev–Trinajstić information content (AvgIpc) is 2.84. The zero-order chi connectivity index (χ0) is 13.2. The Labute approximate surface area is 111 Å². The normalized spacial score (nSPS) is 17.8. The van der Waals surface area contributed by atoms with E-state index >= 15 is 0 Å². The van der Waals surface area contributed by atoms with Gasteiger partial charge in [0.25, 0.3) is 0 Å². The molecule has 3 rings (SSSR count). The first kappa shape index (κ1) is 11.9. The molecule has 0 spiro atoms. The lowest BCUT2D eigenvalue weighted by Crippen LogP contribution is -2.44. The quantitative estimate of drug-likeness (QED) is 0.845. The third-order valence-corrected chi connectivity index (χ3v) is 3.47. The van der Waals surface area contributed by atoms with Gasteiger partial charge in [-0.1, -0.05) is 24.3 Å². The fourth-order valence-corrected chi connectivity index (χ4v) is 2.35. The van der Waals surface area contributed by atoms with Gasteiger partial charge in [0.1, 0.15) is 5.82 Å². The maximum Gasteiger partial charge on any atom is 0.243 e. The lowest BCUT2D eigenvalue weighted by Gasteiger charge is -2.25. The molecule has 1 atom stereocenters. The highest BCUT2D eigenvalue weighted by molar-refractivity contribution is 5.94. The Morgan fingerprint density at radius 3 is 2.89 bits per heavy atom. The molecule has 2 N–H and O–H groups in total. The maximum absolute atomic E-state index is 12.2. The van der Waals surface area contributed by atoms with Crippen LogP contribution < -0.4 is 10.6 Å². The van der Waals surface area contributed by atoms with E-state index in [-0.39, 0.29) is 11.9 Å². The highest BCUT2D eigenvalue weighted by atomic mass is 16.2. The summed E-state index contributed by atoms with van der Waals surface area (Å²) in [7, 11) is 1.80. The lowest BCUT2D eigenvalue weighted by atomic mass is 9.95. The third-order valence-electron chi connectivity index (χ3n) is 3.47. The van der Waals surface area contributed by atoms with E-state index in [0.29, 0.717) is 5.82 Å². The van der Waals surface area contributed by atoms with E-state index < -0.39 is 0 Å². The minimum Gasteiger partial charge on any atom is -0.310 e. The predicted octanol–water partition coefficient (Wildman–Crippen LogP) is 1.07. The highest BCUT2D eigenvalue weighted by Gasteiger charge is 2.24. The molecule has 1 aromatic carbocycles. The van der Waals surface area contributed by atoms with Crippen LogP contribution >= 0.6 is 0 Å². The van der Waals surface area contributed by atoms with Crippen molar-refractivity contribution in [2.24, 2.45) is 7.05 Å². The Kier molecular flexibility index (Phi) is 3.05. The second kappa shape index (κ2) is 4.85. The molecule has 0 aliphatic carbocycles. The first-order chi connectivity index (χ1) is 9.24. The van der Waals surface area contributed by atoms with Crippen molar-refractivity contribution in [1.29, 1.82) is 0 Å². The van der Waals surface area contributed by atoms with E-state index in [4.69, 9.17) is 0 Å².